The number of benzene rings is 2. The maximum atomic E-state index is 13.1. The fourth-order valence-electron chi connectivity index (χ4n) is 4.09. The molecule has 3 amide bonds. The highest BCUT2D eigenvalue weighted by Crippen LogP contribution is 2.27. The molecule has 33 heavy (non-hydrogen) atoms. The van der Waals surface area contributed by atoms with Crippen LogP contribution in [0.25, 0.3) is 11.0 Å². The van der Waals surface area contributed by atoms with Crippen LogP contribution in [0.4, 0.5) is 10.7 Å². The number of aromatic nitrogens is 2. The van der Waals surface area contributed by atoms with Crippen molar-refractivity contribution < 1.29 is 19.5 Å². The Bertz CT molecular complexity index is 1170. The highest BCUT2D eigenvalue weighted by molar-refractivity contribution is 5.97. The van der Waals surface area contributed by atoms with Crippen LogP contribution < -0.4 is 15.5 Å². The molecule has 9 nitrogen and oxygen atoms in total. The number of carboxylic acid groups (broad SMARTS) is 1. The number of nitrogens with zero attached hydrogens (tertiary/aromatic N) is 3. The van der Waals surface area contributed by atoms with Crippen molar-refractivity contribution in [3.8, 4) is 0 Å². The number of urea groups is 1. The van der Waals surface area contributed by atoms with E-state index in [9.17, 15) is 19.5 Å². The molecule has 0 saturated heterocycles. The van der Waals surface area contributed by atoms with Gasteiger partial charge in [0.05, 0.1) is 11.0 Å². The van der Waals surface area contributed by atoms with Gasteiger partial charge in [0.25, 0.3) is 0 Å². The molecular weight excluding hydrogens is 422 g/mol. The van der Waals surface area contributed by atoms with Crippen LogP contribution >= 0.6 is 0 Å². The van der Waals surface area contributed by atoms with Crippen LogP contribution in [-0.4, -0.2) is 45.2 Å². The van der Waals surface area contributed by atoms with Crippen molar-refractivity contribution in [2.24, 2.45) is 5.92 Å². The predicted molar refractivity (Wildman–Crippen MR) is 124 cm³/mol. The van der Waals surface area contributed by atoms with Gasteiger partial charge in [-0.1, -0.05) is 56.3 Å². The lowest BCUT2D eigenvalue weighted by atomic mass is 10.0. The molecule has 0 saturated carbocycles. The highest BCUT2D eigenvalue weighted by Gasteiger charge is 2.33. The molecule has 2 aromatic carbocycles. The van der Waals surface area contributed by atoms with Gasteiger partial charge < -0.3 is 20.3 Å². The van der Waals surface area contributed by atoms with Gasteiger partial charge in [-0.25, -0.2) is 14.6 Å². The standard InChI is InChI=1S/C24H27N5O4/c1-15(2)14-18(21(30)27-20(22(31)32)16-8-4-3-5-9-16)26-24(33)29-13-12-28-19-11-7-6-10-17(19)25-23(28)29/h3-11,15,18,20H,12-14H2,1-2H3,(H,26,33)(H,27,30)(H,31,32)/t18-,20+/m0/s1. The third kappa shape index (κ3) is 4.67. The molecule has 0 aliphatic carbocycles. The molecule has 0 spiro atoms. The van der Waals surface area contributed by atoms with Crippen molar-refractivity contribution in [3.63, 3.8) is 0 Å². The van der Waals surface area contributed by atoms with Crippen LogP contribution in [0.2, 0.25) is 0 Å². The minimum absolute atomic E-state index is 0.101. The van der Waals surface area contributed by atoms with Gasteiger partial charge in [-0.15, -0.1) is 0 Å². The molecule has 2 heterocycles. The number of anilines is 1. The van der Waals surface area contributed by atoms with Gasteiger partial charge in [-0.05, 0) is 30.0 Å². The van der Waals surface area contributed by atoms with Crippen molar-refractivity contribution in [2.45, 2.75) is 38.9 Å². The number of carbonyl (C=O) groups is 3. The SMILES string of the molecule is CC(C)C[C@H](NC(=O)N1CCn2c1nc1ccccc12)C(=O)N[C@@H](C(=O)O)c1ccccc1. The molecule has 2 atom stereocenters. The minimum atomic E-state index is -1.21. The number of imidazole rings is 1. The molecular formula is C24H27N5O4. The Morgan fingerprint density at radius 3 is 2.39 bits per heavy atom. The number of amides is 3. The largest absolute Gasteiger partial charge is 0.479 e. The van der Waals surface area contributed by atoms with E-state index >= 15 is 0 Å². The van der Waals surface area contributed by atoms with E-state index in [1.54, 1.807) is 30.3 Å². The van der Waals surface area contributed by atoms with Crippen LogP contribution in [0.1, 0.15) is 31.9 Å². The predicted octanol–water partition coefficient (Wildman–Crippen LogP) is 2.92. The van der Waals surface area contributed by atoms with Crippen LogP contribution in [0.3, 0.4) is 0 Å². The molecule has 0 bridgehead atoms. The molecule has 172 valence electrons. The summed E-state index contributed by atoms with van der Waals surface area (Å²) in [7, 11) is 0. The van der Waals surface area contributed by atoms with Crippen molar-refractivity contribution in [1.29, 1.82) is 0 Å². The monoisotopic (exact) mass is 449 g/mol. The molecule has 1 aliphatic rings. The number of rotatable bonds is 7. The van der Waals surface area contributed by atoms with Gasteiger partial charge in [-0.2, -0.15) is 0 Å². The molecule has 3 aromatic rings. The molecule has 0 unspecified atom stereocenters. The second-order valence-electron chi connectivity index (χ2n) is 8.53. The first-order chi connectivity index (χ1) is 15.8. The molecule has 0 radical (unpaired) electrons. The number of carboxylic acids is 1. The van der Waals surface area contributed by atoms with Gasteiger partial charge in [0.2, 0.25) is 11.9 Å². The molecule has 4 rings (SSSR count). The van der Waals surface area contributed by atoms with Gasteiger partial charge in [0.15, 0.2) is 6.04 Å². The first-order valence-corrected chi connectivity index (χ1v) is 11.0. The van der Waals surface area contributed by atoms with Crippen molar-refractivity contribution in [3.05, 3.63) is 60.2 Å². The normalized spacial score (nSPS) is 14.7. The minimum Gasteiger partial charge on any atom is -0.479 e. The van der Waals surface area contributed by atoms with Crippen molar-refractivity contribution in [2.75, 3.05) is 11.4 Å². The van der Waals surface area contributed by atoms with E-state index in [4.69, 9.17) is 0 Å². The summed E-state index contributed by atoms with van der Waals surface area (Å²) in [6, 6.07) is 13.6. The third-order valence-corrected chi connectivity index (χ3v) is 5.66. The summed E-state index contributed by atoms with van der Waals surface area (Å²) in [5.74, 6) is -1.08. The summed E-state index contributed by atoms with van der Waals surface area (Å²) in [6.07, 6.45) is 0.364. The Kier molecular flexibility index (Phi) is 6.30. The lowest BCUT2D eigenvalue weighted by Crippen LogP contribution is -2.52. The van der Waals surface area contributed by atoms with E-state index in [0.717, 1.165) is 11.0 Å². The Hall–Kier alpha value is -3.88. The van der Waals surface area contributed by atoms with E-state index in [2.05, 4.69) is 15.6 Å². The van der Waals surface area contributed by atoms with Crippen LogP contribution in [0, 0.1) is 5.92 Å². The average Bonchev–Trinajstić information content (AvgIpc) is 3.36. The third-order valence-electron chi connectivity index (χ3n) is 5.66. The Labute approximate surface area is 191 Å². The first-order valence-electron chi connectivity index (χ1n) is 11.0. The zero-order valence-electron chi connectivity index (χ0n) is 18.6. The number of fused-ring (bicyclic) bond motifs is 3. The van der Waals surface area contributed by atoms with Crippen molar-refractivity contribution >= 4 is 34.9 Å². The lowest BCUT2D eigenvalue weighted by molar-refractivity contribution is -0.142. The Balaban J connectivity index is 1.52. The second kappa shape index (κ2) is 9.32. The van der Waals surface area contributed by atoms with Crippen LogP contribution in [-0.2, 0) is 16.1 Å². The molecule has 9 heteroatoms. The maximum Gasteiger partial charge on any atom is 0.330 e. The molecule has 1 aliphatic heterocycles. The fraction of sp³-hybridized carbons (Fsp3) is 0.333. The van der Waals surface area contributed by atoms with Gasteiger partial charge in [0.1, 0.15) is 6.04 Å². The van der Waals surface area contributed by atoms with E-state index < -0.39 is 30.0 Å². The smallest absolute Gasteiger partial charge is 0.330 e. The number of hydrogen-bond donors (Lipinski definition) is 3. The van der Waals surface area contributed by atoms with E-state index in [-0.39, 0.29) is 5.92 Å². The quantitative estimate of drug-likeness (QED) is 0.513. The zero-order chi connectivity index (χ0) is 23.5. The summed E-state index contributed by atoms with van der Waals surface area (Å²) in [6.45, 7) is 4.93. The van der Waals surface area contributed by atoms with Gasteiger partial charge in [0, 0.05) is 13.1 Å². The number of para-hydroxylation sites is 2. The second-order valence-corrected chi connectivity index (χ2v) is 8.53. The summed E-state index contributed by atoms with van der Waals surface area (Å²) < 4.78 is 1.97. The summed E-state index contributed by atoms with van der Waals surface area (Å²) in [5.41, 5.74) is 2.21. The van der Waals surface area contributed by atoms with Crippen LogP contribution in [0.5, 0.6) is 0 Å². The van der Waals surface area contributed by atoms with Crippen LogP contribution in [0.15, 0.2) is 54.6 Å². The molecule has 0 fully saturated rings. The van der Waals surface area contributed by atoms with Crippen molar-refractivity contribution in [1.82, 2.24) is 20.2 Å². The Morgan fingerprint density at radius 2 is 1.70 bits per heavy atom. The number of hydrogen-bond acceptors (Lipinski definition) is 4. The van der Waals surface area contributed by atoms with E-state index in [0.29, 0.717) is 31.0 Å². The molecule has 1 aromatic heterocycles. The number of carbonyl (C=O) groups excluding carboxylic acids is 2. The fourth-order valence-corrected chi connectivity index (χ4v) is 4.09. The first kappa shape index (κ1) is 22.3. The van der Waals surface area contributed by atoms with E-state index in [1.165, 1.54) is 4.90 Å². The number of nitrogens with one attached hydrogen (secondary N) is 2. The lowest BCUT2D eigenvalue weighted by Gasteiger charge is -2.25. The summed E-state index contributed by atoms with van der Waals surface area (Å²) in [5, 5.41) is 15.0. The van der Waals surface area contributed by atoms with Gasteiger partial charge in [-0.3, -0.25) is 9.69 Å². The van der Waals surface area contributed by atoms with E-state index in [1.807, 2.05) is 42.7 Å². The average molecular weight is 450 g/mol. The van der Waals surface area contributed by atoms with Gasteiger partial charge >= 0.3 is 12.0 Å². The number of aliphatic carboxylic acids is 1. The highest BCUT2D eigenvalue weighted by atomic mass is 16.4. The molecule has 3 N–H and O–H groups in total. The summed E-state index contributed by atoms with van der Waals surface area (Å²) in [4.78, 5) is 44.1. The maximum absolute atomic E-state index is 13.1. The Morgan fingerprint density at radius 1 is 1.00 bits per heavy atom. The summed E-state index contributed by atoms with van der Waals surface area (Å²) >= 11 is 0. The topological polar surface area (TPSA) is 117 Å². The zero-order valence-corrected chi connectivity index (χ0v) is 18.6.